The molecule has 2 aromatic carbocycles. The summed E-state index contributed by atoms with van der Waals surface area (Å²) in [4.78, 5) is 28.3. The highest BCUT2D eigenvalue weighted by Crippen LogP contribution is 2.49. The molecule has 5 rings (SSSR count). The van der Waals surface area contributed by atoms with Crippen LogP contribution in [0.1, 0.15) is 34.5 Å². The number of aryl methyl sites for hydroxylation is 1. The normalized spacial score (nSPS) is 22.7. The maximum atomic E-state index is 13.3. The molecule has 1 fully saturated rings. The monoisotopic (exact) mass is 386 g/mol. The average Bonchev–Trinajstić information content (AvgIpc) is 3.47. The number of aromatic amines is 1. The van der Waals surface area contributed by atoms with Crippen LogP contribution in [0.15, 0.2) is 66.9 Å². The summed E-state index contributed by atoms with van der Waals surface area (Å²) in [6.45, 7) is 0.541. The first kappa shape index (κ1) is 17.7. The van der Waals surface area contributed by atoms with Gasteiger partial charge in [0.15, 0.2) is 0 Å². The minimum absolute atomic E-state index is 0.00308. The van der Waals surface area contributed by atoms with E-state index in [1.54, 1.807) is 12.3 Å². The van der Waals surface area contributed by atoms with Crippen LogP contribution < -0.4 is 5.32 Å². The number of likely N-dealkylation sites (tertiary alicyclic amines) is 1. The summed E-state index contributed by atoms with van der Waals surface area (Å²) in [5.41, 5.74) is 2.82. The van der Waals surface area contributed by atoms with Gasteiger partial charge in [0, 0.05) is 18.4 Å². The Morgan fingerprint density at radius 2 is 1.90 bits per heavy atom. The van der Waals surface area contributed by atoms with E-state index >= 15 is 0 Å². The summed E-state index contributed by atoms with van der Waals surface area (Å²) in [5.74, 6) is -0.105. The Labute approximate surface area is 168 Å². The van der Waals surface area contributed by atoms with Crippen molar-refractivity contribution in [1.82, 2.24) is 15.1 Å². The molecular weight excluding hydrogens is 364 g/mol. The largest absolute Gasteiger partial charge is 0.333 e. The molecule has 146 valence electrons. The van der Waals surface area contributed by atoms with E-state index in [9.17, 15) is 9.59 Å². The van der Waals surface area contributed by atoms with Gasteiger partial charge in [-0.25, -0.2) is 0 Å². The van der Waals surface area contributed by atoms with Gasteiger partial charge in [-0.05, 0) is 42.5 Å². The van der Waals surface area contributed by atoms with Crippen molar-refractivity contribution < 1.29 is 9.59 Å². The lowest BCUT2D eigenvalue weighted by Crippen LogP contribution is -2.49. The Morgan fingerprint density at radius 1 is 1.10 bits per heavy atom. The molecule has 3 heterocycles. The molecule has 1 spiro atoms. The van der Waals surface area contributed by atoms with Crippen molar-refractivity contribution in [3.63, 3.8) is 0 Å². The number of hydrogen-bond acceptors (Lipinski definition) is 3. The summed E-state index contributed by atoms with van der Waals surface area (Å²) >= 11 is 0. The van der Waals surface area contributed by atoms with Gasteiger partial charge in [0.1, 0.15) is 5.69 Å². The average molecular weight is 386 g/mol. The SMILES string of the molecule is O=C(c1ccn[nH]1)N1CC[C@]2(C(=O)Nc3ccccc32)[C@@H]1CCc1ccccc1. The first-order valence-corrected chi connectivity index (χ1v) is 9.95. The van der Waals surface area contributed by atoms with E-state index in [0.717, 1.165) is 17.7 Å². The van der Waals surface area contributed by atoms with Gasteiger partial charge in [0.05, 0.1) is 11.5 Å². The van der Waals surface area contributed by atoms with Gasteiger partial charge in [-0.2, -0.15) is 5.10 Å². The number of nitrogens with zero attached hydrogens (tertiary/aromatic N) is 2. The molecule has 6 nitrogen and oxygen atoms in total. The Hall–Kier alpha value is -3.41. The topological polar surface area (TPSA) is 78.1 Å². The van der Waals surface area contributed by atoms with Crippen molar-refractivity contribution in [1.29, 1.82) is 0 Å². The summed E-state index contributed by atoms with van der Waals surface area (Å²) in [7, 11) is 0. The van der Waals surface area contributed by atoms with E-state index < -0.39 is 5.41 Å². The fourth-order valence-electron chi connectivity index (χ4n) is 4.92. The maximum absolute atomic E-state index is 13.3. The number of para-hydroxylation sites is 1. The van der Waals surface area contributed by atoms with Crippen LogP contribution in [0.3, 0.4) is 0 Å². The molecule has 1 saturated heterocycles. The van der Waals surface area contributed by atoms with Crippen LogP contribution in [0, 0.1) is 0 Å². The highest BCUT2D eigenvalue weighted by atomic mass is 16.2. The number of fused-ring (bicyclic) bond motifs is 2. The molecule has 0 aliphatic carbocycles. The fraction of sp³-hybridized carbons (Fsp3) is 0.261. The molecule has 0 unspecified atom stereocenters. The predicted molar refractivity (Wildman–Crippen MR) is 110 cm³/mol. The van der Waals surface area contributed by atoms with E-state index in [2.05, 4.69) is 27.6 Å². The Kier molecular flexibility index (Phi) is 4.19. The van der Waals surface area contributed by atoms with Crippen molar-refractivity contribution in [3.05, 3.63) is 83.7 Å². The number of carbonyl (C=O) groups excluding carboxylic acids is 2. The number of carbonyl (C=O) groups is 2. The molecule has 2 N–H and O–H groups in total. The first-order valence-electron chi connectivity index (χ1n) is 9.95. The molecule has 2 amide bonds. The van der Waals surface area contributed by atoms with Gasteiger partial charge in [-0.15, -0.1) is 0 Å². The Morgan fingerprint density at radius 3 is 2.69 bits per heavy atom. The molecule has 0 bridgehead atoms. The van der Waals surface area contributed by atoms with Crippen LogP contribution >= 0.6 is 0 Å². The van der Waals surface area contributed by atoms with Crippen LogP contribution in [-0.2, 0) is 16.6 Å². The number of benzene rings is 2. The predicted octanol–water partition coefficient (Wildman–Crippen LogP) is 3.15. The minimum Gasteiger partial charge on any atom is -0.333 e. The van der Waals surface area contributed by atoms with Gasteiger partial charge in [-0.1, -0.05) is 48.5 Å². The van der Waals surface area contributed by atoms with Crippen LogP contribution in [0.2, 0.25) is 0 Å². The third kappa shape index (κ3) is 2.75. The summed E-state index contributed by atoms with van der Waals surface area (Å²) in [6, 6.07) is 19.5. The van der Waals surface area contributed by atoms with Crippen molar-refractivity contribution in [3.8, 4) is 0 Å². The lowest BCUT2D eigenvalue weighted by molar-refractivity contribution is -0.121. The number of hydrogen-bond donors (Lipinski definition) is 2. The van der Waals surface area contributed by atoms with E-state index in [1.165, 1.54) is 5.56 Å². The number of H-pyrrole nitrogens is 1. The van der Waals surface area contributed by atoms with E-state index in [4.69, 9.17) is 0 Å². The smallest absolute Gasteiger partial charge is 0.272 e. The highest BCUT2D eigenvalue weighted by molar-refractivity contribution is 6.08. The molecule has 6 heteroatoms. The zero-order valence-corrected chi connectivity index (χ0v) is 16.0. The molecule has 2 aliphatic heterocycles. The molecule has 0 radical (unpaired) electrons. The number of rotatable bonds is 4. The van der Waals surface area contributed by atoms with Gasteiger partial charge >= 0.3 is 0 Å². The molecule has 1 aromatic heterocycles. The molecular formula is C23H22N4O2. The molecule has 0 saturated carbocycles. The molecule has 2 atom stereocenters. The lowest BCUT2D eigenvalue weighted by atomic mass is 9.73. The van der Waals surface area contributed by atoms with Crippen LogP contribution in [0.5, 0.6) is 0 Å². The minimum atomic E-state index is -0.707. The van der Waals surface area contributed by atoms with E-state index in [0.29, 0.717) is 25.1 Å². The molecule has 3 aromatic rings. The zero-order chi connectivity index (χ0) is 19.8. The van der Waals surface area contributed by atoms with Gasteiger partial charge in [0.25, 0.3) is 5.91 Å². The second-order valence-electron chi connectivity index (χ2n) is 7.73. The molecule has 29 heavy (non-hydrogen) atoms. The summed E-state index contributed by atoms with van der Waals surface area (Å²) in [6.07, 6.45) is 3.71. The third-order valence-corrected chi connectivity index (χ3v) is 6.29. The van der Waals surface area contributed by atoms with Crippen molar-refractivity contribution >= 4 is 17.5 Å². The second-order valence-corrected chi connectivity index (χ2v) is 7.73. The molecule has 2 aliphatic rings. The Balaban J connectivity index is 1.54. The van der Waals surface area contributed by atoms with Crippen LogP contribution in [-0.4, -0.2) is 39.5 Å². The third-order valence-electron chi connectivity index (χ3n) is 6.29. The summed E-state index contributed by atoms with van der Waals surface area (Å²) < 4.78 is 0. The quantitative estimate of drug-likeness (QED) is 0.723. The van der Waals surface area contributed by atoms with Crippen LogP contribution in [0.4, 0.5) is 5.69 Å². The van der Waals surface area contributed by atoms with Crippen LogP contribution in [0.25, 0.3) is 0 Å². The number of nitrogens with one attached hydrogen (secondary N) is 2. The van der Waals surface area contributed by atoms with E-state index in [1.807, 2.05) is 47.4 Å². The van der Waals surface area contributed by atoms with Crippen molar-refractivity contribution in [2.45, 2.75) is 30.7 Å². The zero-order valence-electron chi connectivity index (χ0n) is 16.0. The number of aromatic nitrogens is 2. The fourth-order valence-corrected chi connectivity index (χ4v) is 4.92. The summed E-state index contributed by atoms with van der Waals surface area (Å²) in [5, 5.41) is 9.75. The van der Waals surface area contributed by atoms with Gasteiger partial charge in [0.2, 0.25) is 5.91 Å². The standard InChI is InChI=1S/C23H22N4O2/c28-21(19-12-14-24-26-19)27-15-13-23(17-8-4-5-9-18(17)25-22(23)29)20(27)11-10-16-6-2-1-3-7-16/h1-9,12,14,20H,10-11,13,15H2,(H,24,26)(H,25,29)/t20-,23+/m0/s1. The Bertz CT molecular complexity index is 1050. The number of anilines is 1. The van der Waals surface area contributed by atoms with Gasteiger partial charge < -0.3 is 10.2 Å². The lowest BCUT2D eigenvalue weighted by Gasteiger charge is -2.34. The highest BCUT2D eigenvalue weighted by Gasteiger charge is 2.58. The maximum Gasteiger partial charge on any atom is 0.272 e. The second kappa shape index (κ2) is 6.88. The van der Waals surface area contributed by atoms with Crippen molar-refractivity contribution in [2.24, 2.45) is 0 Å². The van der Waals surface area contributed by atoms with Gasteiger partial charge in [-0.3, -0.25) is 14.7 Å². The first-order chi connectivity index (χ1) is 14.2. The number of amides is 2. The van der Waals surface area contributed by atoms with E-state index in [-0.39, 0.29) is 17.9 Å². The van der Waals surface area contributed by atoms with Crippen molar-refractivity contribution in [2.75, 3.05) is 11.9 Å².